The molecule has 16 heavy (non-hydrogen) atoms. The Morgan fingerprint density at radius 3 is 2.25 bits per heavy atom. The van der Waals surface area contributed by atoms with Crippen LogP contribution in [0.15, 0.2) is 12.1 Å². The Bertz CT molecular complexity index is 388. The van der Waals surface area contributed by atoms with Crippen LogP contribution in [-0.4, -0.2) is 13.3 Å². The van der Waals surface area contributed by atoms with Crippen molar-refractivity contribution in [1.29, 1.82) is 0 Å². The van der Waals surface area contributed by atoms with Crippen molar-refractivity contribution in [2.45, 2.75) is 26.1 Å². The molecule has 0 saturated carbocycles. The van der Waals surface area contributed by atoms with Gasteiger partial charge < -0.3 is 10.5 Å². The molecule has 1 rings (SSSR count). The van der Waals surface area contributed by atoms with E-state index >= 15 is 0 Å². The quantitative estimate of drug-likeness (QED) is 0.852. The van der Waals surface area contributed by atoms with Crippen molar-refractivity contribution in [1.82, 2.24) is 0 Å². The summed E-state index contributed by atoms with van der Waals surface area (Å²) in [4.78, 5) is 0. The lowest BCUT2D eigenvalue weighted by Crippen LogP contribution is -2.29. The number of hydrogen-bond acceptors (Lipinski definition) is 2. The predicted molar refractivity (Wildman–Crippen MR) is 55.5 cm³/mol. The van der Waals surface area contributed by atoms with Crippen LogP contribution in [-0.2, 0) is 0 Å². The van der Waals surface area contributed by atoms with Gasteiger partial charge in [0, 0.05) is 5.56 Å². The summed E-state index contributed by atoms with van der Waals surface area (Å²) in [7, 11) is 1.34. The molecule has 0 fully saturated rings. The molecule has 2 N–H and O–H groups in total. The van der Waals surface area contributed by atoms with Crippen LogP contribution in [0.2, 0.25) is 0 Å². The lowest BCUT2D eigenvalue weighted by molar-refractivity contribution is -0.149. The fourth-order valence-electron chi connectivity index (χ4n) is 1.67. The summed E-state index contributed by atoms with van der Waals surface area (Å²) in [5, 5.41) is 0. The molecule has 1 aromatic carbocycles. The Labute approximate surface area is 92.2 Å². The van der Waals surface area contributed by atoms with Gasteiger partial charge >= 0.3 is 6.18 Å². The minimum atomic E-state index is -4.46. The number of ether oxygens (including phenoxy) is 1. The number of benzene rings is 1. The van der Waals surface area contributed by atoms with Crippen LogP contribution in [0.4, 0.5) is 13.2 Å². The van der Waals surface area contributed by atoms with E-state index < -0.39 is 12.2 Å². The predicted octanol–water partition coefficient (Wildman–Crippen LogP) is 2.87. The highest BCUT2D eigenvalue weighted by atomic mass is 19.4. The van der Waals surface area contributed by atoms with Crippen molar-refractivity contribution in [2.75, 3.05) is 7.11 Å². The number of halogens is 3. The Morgan fingerprint density at radius 1 is 1.25 bits per heavy atom. The van der Waals surface area contributed by atoms with Crippen LogP contribution in [0.1, 0.15) is 22.7 Å². The second-order valence-electron chi connectivity index (χ2n) is 3.72. The second-order valence-corrected chi connectivity index (χ2v) is 3.72. The van der Waals surface area contributed by atoms with Gasteiger partial charge in [0.15, 0.2) is 0 Å². The first-order valence-electron chi connectivity index (χ1n) is 4.74. The van der Waals surface area contributed by atoms with Crippen LogP contribution in [0.3, 0.4) is 0 Å². The fourth-order valence-corrected chi connectivity index (χ4v) is 1.67. The first-order chi connectivity index (χ1) is 7.27. The number of methoxy groups -OCH3 is 1. The molecule has 0 aliphatic heterocycles. The molecule has 0 radical (unpaired) electrons. The van der Waals surface area contributed by atoms with Gasteiger partial charge in [-0.15, -0.1) is 0 Å². The third kappa shape index (κ3) is 2.47. The molecule has 90 valence electrons. The molecule has 0 aromatic heterocycles. The highest BCUT2D eigenvalue weighted by Crippen LogP contribution is 2.37. The van der Waals surface area contributed by atoms with E-state index in [1.54, 1.807) is 19.9 Å². The molecule has 2 nitrogen and oxygen atoms in total. The zero-order valence-corrected chi connectivity index (χ0v) is 9.35. The van der Waals surface area contributed by atoms with Gasteiger partial charge in [0.25, 0.3) is 0 Å². The van der Waals surface area contributed by atoms with Gasteiger partial charge in [-0.05, 0) is 19.4 Å². The highest BCUT2D eigenvalue weighted by Gasteiger charge is 2.39. The number of alkyl halides is 3. The summed E-state index contributed by atoms with van der Waals surface area (Å²) >= 11 is 0. The van der Waals surface area contributed by atoms with Crippen LogP contribution < -0.4 is 10.5 Å². The standard InChI is InChI=1S/C11H14F3NO/c1-6-4-7(2)9(16-3)8(5-6)10(15)11(12,13)14/h4-5,10H,15H2,1-3H3. The molecule has 0 aliphatic carbocycles. The molecule has 5 heteroatoms. The molecule has 1 atom stereocenters. The monoisotopic (exact) mass is 233 g/mol. The van der Waals surface area contributed by atoms with Gasteiger partial charge in [-0.25, -0.2) is 0 Å². The molecule has 1 aromatic rings. The number of nitrogens with two attached hydrogens (primary N) is 1. The Kier molecular flexibility index (Phi) is 3.48. The summed E-state index contributed by atoms with van der Waals surface area (Å²) in [5.41, 5.74) is 6.54. The van der Waals surface area contributed by atoms with Crippen LogP contribution in [0, 0.1) is 13.8 Å². The normalized spacial score (nSPS) is 13.7. The summed E-state index contributed by atoms with van der Waals surface area (Å²) in [6, 6.07) is 1.15. The maximum Gasteiger partial charge on any atom is 0.407 e. The van der Waals surface area contributed by atoms with E-state index in [9.17, 15) is 13.2 Å². The van der Waals surface area contributed by atoms with Crippen molar-refractivity contribution in [3.63, 3.8) is 0 Å². The minimum Gasteiger partial charge on any atom is -0.496 e. The van der Waals surface area contributed by atoms with Gasteiger partial charge in [0.05, 0.1) is 7.11 Å². The van der Waals surface area contributed by atoms with Gasteiger partial charge in [0.1, 0.15) is 11.8 Å². The Morgan fingerprint density at radius 2 is 1.81 bits per heavy atom. The maximum atomic E-state index is 12.5. The summed E-state index contributed by atoms with van der Waals surface area (Å²) < 4.78 is 42.6. The smallest absolute Gasteiger partial charge is 0.407 e. The fraction of sp³-hybridized carbons (Fsp3) is 0.455. The lowest BCUT2D eigenvalue weighted by atomic mass is 10.00. The van der Waals surface area contributed by atoms with Crippen LogP contribution in [0.5, 0.6) is 5.75 Å². The molecule has 0 aliphatic rings. The second kappa shape index (κ2) is 4.33. The van der Waals surface area contributed by atoms with Crippen LogP contribution >= 0.6 is 0 Å². The third-order valence-corrected chi connectivity index (χ3v) is 2.34. The molecular weight excluding hydrogens is 219 g/mol. The van der Waals surface area contributed by atoms with E-state index in [1.165, 1.54) is 13.2 Å². The van der Waals surface area contributed by atoms with Crippen molar-refractivity contribution in [3.8, 4) is 5.75 Å². The minimum absolute atomic E-state index is 0.0208. The molecule has 0 spiro atoms. The molecule has 0 saturated heterocycles. The lowest BCUT2D eigenvalue weighted by Gasteiger charge is -2.20. The molecule has 0 bridgehead atoms. The van der Waals surface area contributed by atoms with Gasteiger partial charge in [-0.3, -0.25) is 0 Å². The largest absolute Gasteiger partial charge is 0.496 e. The van der Waals surface area contributed by atoms with Gasteiger partial charge in [0.2, 0.25) is 0 Å². The first kappa shape index (κ1) is 12.8. The average Bonchev–Trinajstić information content (AvgIpc) is 2.14. The summed E-state index contributed by atoms with van der Waals surface area (Å²) in [6.07, 6.45) is -4.46. The van der Waals surface area contributed by atoms with E-state index in [0.717, 1.165) is 5.56 Å². The number of rotatable bonds is 2. The topological polar surface area (TPSA) is 35.2 Å². The number of hydrogen-bond donors (Lipinski definition) is 1. The van der Waals surface area contributed by atoms with Crippen molar-refractivity contribution in [2.24, 2.45) is 5.73 Å². The molecule has 1 unspecified atom stereocenters. The zero-order chi connectivity index (χ0) is 12.5. The SMILES string of the molecule is COc1c(C)cc(C)cc1C(N)C(F)(F)F. The molecular formula is C11H14F3NO. The first-order valence-corrected chi connectivity index (χ1v) is 4.74. The van der Waals surface area contributed by atoms with E-state index in [1.807, 2.05) is 0 Å². The van der Waals surface area contributed by atoms with E-state index in [0.29, 0.717) is 5.56 Å². The van der Waals surface area contributed by atoms with Crippen molar-refractivity contribution < 1.29 is 17.9 Å². The van der Waals surface area contributed by atoms with E-state index in [4.69, 9.17) is 10.5 Å². The van der Waals surface area contributed by atoms with Gasteiger partial charge in [-0.1, -0.05) is 17.7 Å². The van der Waals surface area contributed by atoms with Crippen LogP contribution in [0.25, 0.3) is 0 Å². The third-order valence-electron chi connectivity index (χ3n) is 2.34. The Balaban J connectivity index is 3.31. The van der Waals surface area contributed by atoms with E-state index in [2.05, 4.69) is 0 Å². The molecule has 0 amide bonds. The summed E-state index contributed by atoms with van der Waals surface area (Å²) in [5.74, 6) is 0.204. The van der Waals surface area contributed by atoms with E-state index in [-0.39, 0.29) is 11.3 Å². The highest BCUT2D eigenvalue weighted by molar-refractivity contribution is 5.45. The number of aryl methyl sites for hydroxylation is 2. The van der Waals surface area contributed by atoms with Crippen molar-refractivity contribution in [3.05, 3.63) is 28.8 Å². The molecule has 0 heterocycles. The summed E-state index contributed by atoms with van der Waals surface area (Å²) in [6.45, 7) is 3.41. The van der Waals surface area contributed by atoms with Crippen molar-refractivity contribution >= 4 is 0 Å². The average molecular weight is 233 g/mol. The maximum absolute atomic E-state index is 12.5. The zero-order valence-electron chi connectivity index (χ0n) is 9.35. The Hall–Kier alpha value is -1.23. The van der Waals surface area contributed by atoms with Gasteiger partial charge in [-0.2, -0.15) is 13.2 Å².